The van der Waals surface area contributed by atoms with Gasteiger partial charge in [0.05, 0.1) is 34.8 Å². The van der Waals surface area contributed by atoms with E-state index < -0.39 is 0 Å². The van der Waals surface area contributed by atoms with Crippen molar-refractivity contribution >= 4 is 39.9 Å². The highest BCUT2D eigenvalue weighted by molar-refractivity contribution is 6.31. The quantitative estimate of drug-likeness (QED) is 0.517. The van der Waals surface area contributed by atoms with E-state index in [2.05, 4.69) is 15.4 Å². The fourth-order valence-corrected chi connectivity index (χ4v) is 3.14. The molecule has 1 aromatic carbocycles. The van der Waals surface area contributed by atoms with Gasteiger partial charge in [-0.1, -0.05) is 25.4 Å². The lowest BCUT2D eigenvalue weighted by Crippen LogP contribution is -2.25. The molecule has 8 heteroatoms. The number of hydrogen-bond donors (Lipinski definition) is 1. The molecule has 0 aliphatic carbocycles. The molecule has 0 unspecified atom stereocenters. The molecule has 0 saturated carbocycles. The van der Waals surface area contributed by atoms with Gasteiger partial charge in [0.2, 0.25) is 0 Å². The van der Waals surface area contributed by atoms with E-state index in [0.717, 1.165) is 22.3 Å². The zero-order valence-electron chi connectivity index (χ0n) is 16.5. The minimum absolute atomic E-state index is 0.0306. The molecule has 4 rings (SSSR count). The first kappa shape index (κ1) is 20.5. The Labute approximate surface area is 172 Å². The van der Waals surface area contributed by atoms with Gasteiger partial charge in [-0.3, -0.25) is 4.79 Å². The van der Waals surface area contributed by atoms with Crippen LogP contribution in [0.25, 0.3) is 16.3 Å². The Bertz CT molecular complexity index is 1210. The van der Waals surface area contributed by atoms with E-state index >= 15 is 0 Å². The summed E-state index contributed by atoms with van der Waals surface area (Å²) in [7, 11) is 1.90. The number of anilines is 1. The van der Waals surface area contributed by atoms with Crippen molar-refractivity contribution in [2.24, 2.45) is 0 Å². The second kappa shape index (κ2) is 8.87. The molecule has 3 aromatic heterocycles. The van der Waals surface area contributed by atoms with Crippen LogP contribution in [0.5, 0.6) is 0 Å². The molecule has 0 atom stereocenters. The Kier molecular flexibility index (Phi) is 6.29. The number of pyridine rings is 1. The Balaban J connectivity index is 0.000000186. The van der Waals surface area contributed by atoms with E-state index in [1.165, 1.54) is 4.68 Å². The molecule has 3 heterocycles. The van der Waals surface area contributed by atoms with Gasteiger partial charge in [0.1, 0.15) is 12.8 Å². The first-order valence-corrected chi connectivity index (χ1v) is 9.55. The minimum Gasteiger partial charge on any atom is -0.387 e. The SMILES string of the molecule is CC(C)c1nn(CC=O)c(=O)c2ccc(Cl)cc12.CNc1ccc2cncn2c1. The van der Waals surface area contributed by atoms with E-state index in [1.54, 1.807) is 24.5 Å². The minimum atomic E-state index is -0.266. The molecule has 0 saturated heterocycles. The summed E-state index contributed by atoms with van der Waals surface area (Å²) >= 11 is 5.96. The molecular weight excluding hydrogens is 390 g/mol. The van der Waals surface area contributed by atoms with Crippen molar-refractivity contribution in [3.05, 3.63) is 70.1 Å². The number of halogens is 1. The Morgan fingerprint density at radius 2 is 2.00 bits per heavy atom. The third kappa shape index (κ3) is 4.46. The van der Waals surface area contributed by atoms with E-state index in [0.29, 0.717) is 16.7 Å². The maximum atomic E-state index is 12.1. The van der Waals surface area contributed by atoms with E-state index in [4.69, 9.17) is 11.6 Å². The van der Waals surface area contributed by atoms with E-state index in [9.17, 15) is 9.59 Å². The standard InChI is InChI=1S/C13H13ClN2O2.C8H9N3/c1-8(2)12-11-7-9(14)3-4-10(11)13(18)16(15-12)5-6-17;1-9-7-2-3-8-4-10-6-11(8)5-7/h3-4,6-8H,5H2,1-2H3;2-6,9H,1H3. The van der Waals surface area contributed by atoms with Gasteiger partial charge in [0.15, 0.2) is 0 Å². The molecule has 0 bridgehead atoms. The zero-order chi connectivity index (χ0) is 21.0. The van der Waals surface area contributed by atoms with E-state index in [-0.39, 0.29) is 18.0 Å². The van der Waals surface area contributed by atoms with Gasteiger partial charge in [-0.2, -0.15) is 5.10 Å². The summed E-state index contributed by atoms with van der Waals surface area (Å²) in [5, 5.41) is 9.17. The summed E-state index contributed by atoms with van der Waals surface area (Å²) in [6, 6.07) is 9.14. The molecule has 0 radical (unpaired) electrons. The van der Waals surface area contributed by atoms with Crippen molar-refractivity contribution in [3.63, 3.8) is 0 Å². The van der Waals surface area contributed by atoms with Crippen molar-refractivity contribution in [2.75, 3.05) is 12.4 Å². The van der Waals surface area contributed by atoms with Crippen LogP contribution in [0, 0.1) is 0 Å². The number of hydrogen-bond acceptors (Lipinski definition) is 5. The number of carbonyl (C=O) groups is 1. The van der Waals surface area contributed by atoms with Gasteiger partial charge in [0.25, 0.3) is 5.56 Å². The van der Waals surface area contributed by atoms with Crippen LogP contribution in [0.2, 0.25) is 5.02 Å². The number of benzene rings is 1. The maximum absolute atomic E-state index is 12.1. The van der Waals surface area contributed by atoms with Crippen LogP contribution >= 0.6 is 11.6 Å². The molecule has 29 heavy (non-hydrogen) atoms. The third-order valence-electron chi connectivity index (χ3n) is 4.44. The average Bonchev–Trinajstić information content (AvgIpc) is 3.18. The fraction of sp³-hybridized carbons (Fsp3) is 0.238. The van der Waals surface area contributed by atoms with Crippen molar-refractivity contribution in [2.45, 2.75) is 26.3 Å². The van der Waals surface area contributed by atoms with Crippen LogP contribution in [0.4, 0.5) is 5.69 Å². The van der Waals surface area contributed by atoms with Gasteiger partial charge >= 0.3 is 0 Å². The number of rotatable bonds is 4. The number of aromatic nitrogens is 4. The topological polar surface area (TPSA) is 81.3 Å². The molecule has 1 N–H and O–H groups in total. The molecule has 0 aliphatic heterocycles. The van der Waals surface area contributed by atoms with Crippen LogP contribution in [0.3, 0.4) is 0 Å². The van der Waals surface area contributed by atoms with Crippen LogP contribution < -0.4 is 10.9 Å². The Morgan fingerprint density at radius 3 is 2.69 bits per heavy atom. The summed E-state index contributed by atoms with van der Waals surface area (Å²) in [5.74, 6) is 0.143. The number of aldehydes is 1. The van der Waals surface area contributed by atoms with Crippen molar-refractivity contribution in [1.29, 1.82) is 0 Å². The van der Waals surface area contributed by atoms with Crippen molar-refractivity contribution < 1.29 is 4.79 Å². The summed E-state index contributed by atoms with van der Waals surface area (Å²) in [6.45, 7) is 3.94. The van der Waals surface area contributed by atoms with Crippen molar-refractivity contribution in [3.8, 4) is 0 Å². The normalized spacial score (nSPS) is 10.8. The monoisotopic (exact) mass is 411 g/mol. The maximum Gasteiger partial charge on any atom is 0.275 e. The molecule has 0 aliphatic rings. The predicted molar refractivity (Wildman–Crippen MR) is 116 cm³/mol. The zero-order valence-corrected chi connectivity index (χ0v) is 17.2. The average molecular weight is 412 g/mol. The summed E-state index contributed by atoms with van der Waals surface area (Å²) in [4.78, 5) is 26.7. The van der Waals surface area contributed by atoms with Gasteiger partial charge in [-0.05, 0) is 36.2 Å². The Morgan fingerprint density at radius 1 is 1.21 bits per heavy atom. The lowest BCUT2D eigenvalue weighted by atomic mass is 10.0. The number of carbonyl (C=O) groups excluding carboxylic acids is 1. The smallest absolute Gasteiger partial charge is 0.275 e. The second-order valence-electron chi connectivity index (χ2n) is 6.78. The van der Waals surface area contributed by atoms with Crippen LogP contribution in [0.1, 0.15) is 25.5 Å². The van der Waals surface area contributed by atoms with Gasteiger partial charge in [-0.15, -0.1) is 0 Å². The molecular formula is C21H22ClN5O2. The number of nitrogens with one attached hydrogen (secondary N) is 1. The van der Waals surface area contributed by atoms with Gasteiger partial charge in [0, 0.05) is 23.7 Å². The molecule has 7 nitrogen and oxygen atoms in total. The Hall–Kier alpha value is -3.19. The lowest BCUT2D eigenvalue weighted by Gasteiger charge is -2.11. The first-order chi connectivity index (χ1) is 13.9. The highest BCUT2D eigenvalue weighted by Crippen LogP contribution is 2.24. The summed E-state index contributed by atoms with van der Waals surface area (Å²) in [5.41, 5.74) is 2.71. The van der Waals surface area contributed by atoms with Crippen LogP contribution in [0.15, 0.2) is 53.8 Å². The summed E-state index contributed by atoms with van der Waals surface area (Å²) in [6.07, 6.45) is 6.29. The first-order valence-electron chi connectivity index (χ1n) is 9.18. The third-order valence-corrected chi connectivity index (χ3v) is 4.68. The number of nitrogens with zero attached hydrogens (tertiary/aromatic N) is 4. The number of imidazole rings is 1. The molecule has 150 valence electrons. The van der Waals surface area contributed by atoms with Gasteiger partial charge < -0.3 is 14.5 Å². The van der Waals surface area contributed by atoms with Gasteiger partial charge in [-0.25, -0.2) is 9.67 Å². The predicted octanol–water partition coefficient (Wildman–Crippen LogP) is 3.75. The molecule has 0 spiro atoms. The fourth-order valence-electron chi connectivity index (χ4n) is 2.97. The molecule has 0 fully saturated rings. The highest BCUT2D eigenvalue weighted by atomic mass is 35.5. The molecule has 4 aromatic rings. The molecule has 0 amide bonds. The largest absolute Gasteiger partial charge is 0.387 e. The van der Waals surface area contributed by atoms with Crippen LogP contribution in [-0.2, 0) is 11.3 Å². The van der Waals surface area contributed by atoms with Crippen LogP contribution in [-0.4, -0.2) is 32.5 Å². The highest BCUT2D eigenvalue weighted by Gasteiger charge is 2.13. The lowest BCUT2D eigenvalue weighted by molar-refractivity contribution is -0.108. The van der Waals surface area contributed by atoms with E-state index in [1.807, 2.05) is 49.8 Å². The second-order valence-corrected chi connectivity index (χ2v) is 7.21. The number of fused-ring (bicyclic) bond motifs is 2. The summed E-state index contributed by atoms with van der Waals surface area (Å²) < 4.78 is 3.17. The van der Waals surface area contributed by atoms with Crippen molar-refractivity contribution in [1.82, 2.24) is 19.2 Å².